The molecule has 0 unspecified atom stereocenters. The fraction of sp³-hybridized carbons (Fsp3) is 0.364. The molecule has 1 fully saturated rings. The predicted molar refractivity (Wildman–Crippen MR) is 102 cm³/mol. The molecule has 0 heterocycles. The summed E-state index contributed by atoms with van der Waals surface area (Å²) in [6.45, 7) is 2.44. The molecule has 0 spiro atoms. The van der Waals surface area contributed by atoms with Crippen molar-refractivity contribution < 1.29 is 19.1 Å². The van der Waals surface area contributed by atoms with Gasteiger partial charge in [0.15, 0.2) is 0 Å². The monoisotopic (exact) mass is 367 g/mol. The van der Waals surface area contributed by atoms with Crippen LogP contribution in [0.5, 0.6) is 5.75 Å². The molecule has 142 valence electrons. The van der Waals surface area contributed by atoms with E-state index in [4.69, 9.17) is 9.47 Å². The summed E-state index contributed by atoms with van der Waals surface area (Å²) in [4.78, 5) is 24.7. The Morgan fingerprint density at radius 2 is 1.78 bits per heavy atom. The number of rotatable bonds is 9. The van der Waals surface area contributed by atoms with Gasteiger partial charge in [-0.2, -0.15) is 0 Å². The molecule has 0 saturated heterocycles. The number of benzene rings is 2. The van der Waals surface area contributed by atoms with E-state index in [2.05, 4.69) is 5.32 Å². The van der Waals surface area contributed by atoms with E-state index in [1.54, 1.807) is 12.1 Å². The van der Waals surface area contributed by atoms with Gasteiger partial charge in [0.2, 0.25) is 6.10 Å². The predicted octanol–water partition coefficient (Wildman–Crippen LogP) is 3.72. The molecule has 0 aromatic heterocycles. The molecule has 1 atom stereocenters. The zero-order valence-electron chi connectivity index (χ0n) is 15.5. The molecule has 1 aliphatic carbocycles. The molecule has 1 aliphatic rings. The number of hydrogen-bond acceptors (Lipinski definition) is 4. The van der Waals surface area contributed by atoms with Crippen molar-refractivity contribution in [1.29, 1.82) is 0 Å². The topological polar surface area (TPSA) is 64.6 Å². The highest BCUT2D eigenvalue weighted by atomic mass is 16.5. The number of carbonyl (C=O) groups excluding carboxylic acids is 2. The average Bonchev–Trinajstić information content (AvgIpc) is 3.49. The molecule has 2 aromatic carbocycles. The van der Waals surface area contributed by atoms with Crippen LogP contribution in [-0.4, -0.2) is 24.5 Å². The molecular formula is C22H25NO4. The number of amides is 1. The molecule has 0 radical (unpaired) electrons. The van der Waals surface area contributed by atoms with E-state index in [1.807, 2.05) is 49.4 Å². The minimum atomic E-state index is -0.905. The molecule has 1 N–H and O–H groups in total. The molecule has 1 saturated carbocycles. The van der Waals surface area contributed by atoms with E-state index in [1.165, 1.54) is 5.56 Å². The lowest BCUT2D eigenvalue weighted by molar-refractivity contribution is -0.156. The molecule has 2 aromatic rings. The summed E-state index contributed by atoms with van der Waals surface area (Å²) >= 11 is 0. The standard InChI is InChI=1S/C22H25NO4/c1-16-9-13-19(14-10-16)26-15-5-8-20(24)27-21(17-6-3-2-4-7-17)22(25)23-18-11-12-18/h2-4,6-7,9-10,13-14,18,21H,5,8,11-12,15H2,1H3,(H,23,25)/t21-/m1/s1. The van der Waals surface area contributed by atoms with Crippen molar-refractivity contribution in [3.8, 4) is 5.75 Å². The second kappa shape index (κ2) is 9.21. The first kappa shape index (κ1) is 19.0. The molecule has 0 bridgehead atoms. The van der Waals surface area contributed by atoms with Crippen molar-refractivity contribution >= 4 is 11.9 Å². The minimum Gasteiger partial charge on any atom is -0.494 e. The first-order chi connectivity index (χ1) is 13.1. The van der Waals surface area contributed by atoms with Gasteiger partial charge in [-0.25, -0.2) is 0 Å². The maximum atomic E-state index is 12.5. The molecular weight excluding hydrogens is 342 g/mol. The second-order valence-electron chi connectivity index (χ2n) is 6.83. The molecule has 1 amide bonds. The molecule has 5 nitrogen and oxygen atoms in total. The quantitative estimate of drug-likeness (QED) is 0.542. The van der Waals surface area contributed by atoms with Crippen LogP contribution >= 0.6 is 0 Å². The fourth-order valence-electron chi connectivity index (χ4n) is 2.64. The smallest absolute Gasteiger partial charge is 0.307 e. The van der Waals surface area contributed by atoms with E-state index >= 15 is 0 Å². The van der Waals surface area contributed by atoms with Crippen molar-refractivity contribution in [3.63, 3.8) is 0 Å². The Morgan fingerprint density at radius 1 is 1.07 bits per heavy atom. The number of hydrogen-bond donors (Lipinski definition) is 1. The van der Waals surface area contributed by atoms with Gasteiger partial charge < -0.3 is 14.8 Å². The van der Waals surface area contributed by atoms with E-state index in [0.717, 1.165) is 18.6 Å². The van der Waals surface area contributed by atoms with E-state index in [-0.39, 0.29) is 18.4 Å². The summed E-state index contributed by atoms with van der Waals surface area (Å²) in [6, 6.07) is 17.1. The number of nitrogens with one attached hydrogen (secondary N) is 1. The number of aryl methyl sites for hydroxylation is 1. The summed E-state index contributed by atoms with van der Waals surface area (Å²) < 4.78 is 11.1. The third-order valence-corrected chi connectivity index (χ3v) is 4.33. The summed E-state index contributed by atoms with van der Waals surface area (Å²) in [6.07, 6.45) is 1.79. The van der Waals surface area contributed by atoms with Crippen LogP contribution in [0, 0.1) is 6.92 Å². The maximum Gasteiger partial charge on any atom is 0.307 e. The van der Waals surface area contributed by atoms with Crippen LogP contribution < -0.4 is 10.1 Å². The number of esters is 1. The van der Waals surface area contributed by atoms with E-state index < -0.39 is 12.1 Å². The normalized spacial score (nSPS) is 14.3. The highest BCUT2D eigenvalue weighted by molar-refractivity contribution is 5.85. The number of ether oxygens (including phenoxy) is 2. The Bertz CT molecular complexity index is 754. The largest absolute Gasteiger partial charge is 0.494 e. The van der Waals surface area contributed by atoms with E-state index in [9.17, 15) is 9.59 Å². The Hall–Kier alpha value is -2.82. The first-order valence-corrected chi connectivity index (χ1v) is 9.36. The van der Waals surface area contributed by atoms with Gasteiger partial charge in [-0.3, -0.25) is 9.59 Å². The summed E-state index contributed by atoms with van der Waals surface area (Å²) in [7, 11) is 0. The van der Waals surface area contributed by atoms with Gasteiger partial charge in [-0.05, 0) is 38.3 Å². The van der Waals surface area contributed by atoms with Gasteiger partial charge >= 0.3 is 5.97 Å². The minimum absolute atomic E-state index is 0.200. The van der Waals surface area contributed by atoms with Gasteiger partial charge in [-0.1, -0.05) is 48.0 Å². The Balaban J connectivity index is 1.48. The lowest BCUT2D eigenvalue weighted by atomic mass is 10.1. The van der Waals surface area contributed by atoms with Crippen LogP contribution in [0.25, 0.3) is 0 Å². The van der Waals surface area contributed by atoms with Crippen LogP contribution in [-0.2, 0) is 14.3 Å². The van der Waals surface area contributed by atoms with Crippen molar-refractivity contribution in [2.24, 2.45) is 0 Å². The summed E-state index contributed by atoms with van der Waals surface area (Å²) in [5, 5.41) is 2.91. The Kier molecular flexibility index (Phi) is 6.47. The van der Waals surface area contributed by atoms with Crippen molar-refractivity contribution in [3.05, 3.63) is 65.7 Å². The lowest BCUT2D eigenvalue weighted by Gasteiger charge is -2.18. The second-order valence-corrected chi connectivity index (χ2v) is 6.83. The zero-order chi connectivity index (χ0) is 19.1. The Labute approximate surface area is 159 Å². The van der Waals surface area contributed by atoms with Gasteiger partial charge in [-0.15, -0.1) is 0 Å². The van der Waals surface area contributed by atoms with Crippen molar-refractivity contribution in [2.75, 3.05) is 6.61 Å². The zero-order valence-corrected chi connectivity index (χ0v) is 15.5. The lowest BCUT2D eigenvalue weighted by Crippen LogP contribution is -2.33. The number of carbonyl (C=O) groups is 2. The van der Waals surface area contributed by atoms with Gasteiger partial charge in [0.05, 0.1) is 6.61 Å². The van der Waals surface area contributed by atoms with Gasteiger partial charge in [0, 0.05) is 18.0 Å². The highest BCUT2D eigenvalue weighted by Crippen LogP contribution is 2.23. The fourth-order valence-corrected chi connectivity index (χ4v) is 2.64. The third-order valence-electron chi connectivity index (χ3n) is 4.33. The molecule has 27 heavy (non-hydrogen) atoms. The van der Waals surface area contributed by atoms with Crippen LogP contribution in [0.4, 0.5) is 0 Å². The SMILES string of the molecule is Cc1ccc(OCCCC(=O)O[C@@H](C(=O)NC2CC2)c2ccccc2)cc1. The molecule has 5 heteroatoms. The van der Waals surface area contributed by atoms with Crippen LogP contribution in [0.15, 0.2) is 54.6 Å². The molecule has 3 rings (SSSR count). The van der Waals surface area contributed by atoms with Crippen LogP contribution in [0.2, 0.25) is 0 Å². The average molecular weight is 367 g/mol. The summed E-state index contributed by atoms with van der Waals surface area (Å²) in [5.74, 6) is 0.121. The highest BCUT2D eigenvalue weighted by Gasteiger charge is 2.30. The summed E-state index contributed by atoms with van der Waals surface area (Å²) in [5.41, 5.74) is 1.85. The van der Waals surface area contributed by atoms with Gasteiger partial charge in [0.25, 0.3) is 5.91 Å². The van der Waals surface area contributed by atoms with Crippen LogP contribution in [0.3, 0.4) is 0 Å². The third kappa shape index (κ3) is 6.13. The Morgan fingerprint density at radius 3 is 2.44 bits per heavy atom. The van der Waals surface area contributed by atoms with Crippen LogP contribution in [0.1, 0.15) is 42.9 Å². The van der Waals surface area contributed by atoms with Gasteiger partial charge in [0.1, 0.15) is 5.75 Å². The van der Waals surface area contributed by atoms with E-state index in [0.29, 0.717) is 18.6 Å². The molecule has 0 aliphatic heterocycles. The van der Waals surface area contributed by atoms with Crippen molar-refractivity contribution in [2.45, 2.75) is 44.8 Å². The maximum absolute atomic E-state index is 12.5. The van der Waals surface area contributed by atoms with Crippen molar-refractivity contribution in [1.82, 2.24) is 5.32 Å². The first-order valence-electron chi connectivity index (χ1n) is 9.36.